The van der Waals surface area contributed by atoms with Gasteiger partial charge in [-0.3, -0.25) is 4.79 Å². The van der Waals surface area contributed by atoms with E-state index in [1.165, 1.54) is 28.6 Å². The van der Waals surface area contributed by atoms with E-state index in [9.17, 15) is 17.6 Å². The van der Waals surface area contributed by atoms with Crippen LogP contribution in [0.4, 0.5) is 4.39 Å². The third-order valence-corrected chi connectivity index (χ3v) is 8.05. The Hall–Kier alpha value is -2.94. The van der Waals surface area contributed by atoms with Crippen LogP contribution < -0.4 is 10.1 Å². The predicted octanol–water partition coefficient (Wildman–Crippen LogP) is 4.78. The molecule has 35 heavy (non-hydrogen) atoms. The fourth-order valence-electron chi connectivity index (χ4n) is 3.91. The van der Waals surface area contributed by atoms with E-state index < -0.39 is 15.9 Å². The topological polar surface area (TPSA) is 75.7 Å². The van der Waals surface area contributed by atoms with Crippen molar-refractivity contribution in [2.45, 2.75) is 30.9 Å². The lowest BCUT2D eigenvalue weighted by atomic mass is 9.99. The lowest BCUT2D eigenvalue weighted by Crippen LogP contribution is -2.45. The van der Waals surface area contributed by atoms with Crippen molar-refractivity contribution in [2.75, 3.05) is 13.1 Å². The van der Waals surface area contributed by atoms with Gasteiger partial charge < -0.3 is 10.1 Å². The molecule has 0 aromatic heterocycles. The van der Waals surface area contributed by atoms with Gasteiger partial charge in [0.25, 0.3) is 0 Å². The molecule has 0 radical (unpaired) electrons. The molecule has 0 saturated carbocycles. The zero-order valence-corrected chi connectivity index (χ0v) is 20.6. The fraction of sp³-hybridized carbons (Fsp3) is 0.269. The first-order valence-corrected chi connectivity index (χ1v) is 13.1. The van der Waals surface area contributed by atoms with E-state index in [1.807, 2.05) is 24.3 Å². The Morgan fingerprint density at radius 3 is 2.34 bits per heavy atom. The van der Waals surface area contributed by atoms with Crippen LogP contribution in [0, 0.1) is 11.7 Å². The summed E-state index contributed by atoms with van der Waals surface area (Å²) in [6.07, 6.45) is 1.25. The second kappa shape index (κ2) is 11.2. The van der Waals surface area contributed by atoms with Crippen LogP contribution in [-0.4, -0.2) is 31.7 Å². The van der Waals surface area contributed by atoms with Crippen LogP contribution in [0.2, 0.25) is 5.02 Å². The van der Waals surface area contributed by atoms with Crippen LogP contribution >= 0.6 is 11.6 Å². The lowest BCUT2D eigenvalue weighted by Gasteiger charge is -2.31. The van der Waals surface area contributed by atoms with Gasteiger partial charge in [0.05, 0.1) is 10.8 Å². The van der Waals surface area contributed by atoms with E-state index in [1.54, 1.807) is 24.3 Å². The predicted molar refractivity (Wildman–Crippen MR) is 132 cm³/mol. The smallest absolute Gasteiger partial charge is 0.243 e. The summed E-state index contributed by atoms with van der Waals surface area (Å²) in [4.78, 5) is 12.9. The van der Waals surface area contributed by atoms with Crippen molar-refractivity contribution in [1.82, 2.24) is 9.62 Å². The molecule has 0 aliphatic carbocycles. The first-order valence-electron chi connectivity index (χ1n) is 11.3. The number of hydrogen-bond acceptors (Lipinski definition) is 4. The standard InChI is InChI=1S/C26H26ClFN2O4S/c27-22-7-13-25(14-8-22)35(32,33)30-15-1-2-21(17-30)26(31)29-16-19-5-11-24(12-6-19)34-18-20-3-9-23(28)10-4-20/h3-14,21H,1-2,15-18H2,(H,29,31)/t21-/m0/s1. The average Bonchev–Trinajstić information content (AvgIpc) is 2.88. The minimum Gasteiger partial charge on any atom is -0.489 e. The van der Waals surface area contributed by atoms with Gasteiger partial charge in [-0.05, 0) is 72.5 Å². The molecule has 1 atom stereocenters. The molecule has 0 bridgehead atoms. The number of rotatable bonds is 8. The number of carbonyl (C=O) groups excluding carboxylic acids is 1. The van der Waals surface area contributed by atoms with Gasteiger partial charge in [-0.1, -0.05) is 35.9 Å². The highest BCUT2D eigenvalue weighted by molar-refractivity contribution is 7.89. The highest BCUT2D eigenvalue weighted by atomic mass is 35.5. The van der Waals surface area contributed by atoms with Gasteiger partial charge in [0.2, 0.25) is 15.9 Å². The Morgan fingerprint density at radius 2 is 1.66 bits per heavy atom. The van der Waals surface area contributed by atoms with Gasteiger partial charge in [-0.15, -0.1) is 0 Å². The lowest BCUT2D eigenvalue weighted by molar-refractivity contribution is -0.126. The van der Waals surface area contributed by atoms with E-state index >= 15 is 0 Å². The van der Waals surface area contributed by atoms with E-state index in [4.69, 9.17) is 16.3 Å². The molecule has 1 heterocycles. The Balaban J connectivity index is 1.28. The van der Waals surface area contributed by atoms with Crippen LogP contribution in [0.5, 0.6) is 5.75 Å². The molecule has 3 aromatic carbocycles. The van der Waals surface area contributed by atoms with Gasteiger partial charge in [0.1, 0.15) is 18.2 Å². The molecule has 1 aliphatic rings. The second-order valence-electron chi connectivity index (χ2n) is 8.43. The minimum absolute atomic E-state index is 0.146. The summed E-state index contributed by atoms with van der Waals surface area (Å²) in [7, 11) is -3.68. The first kappa shape index (κ1) is 25.2. The summed E-state index contributed by atoms with van der Waals surface area (Å²) in [5.41, 5.74) is 1.76. The second-order valence-corrected chi connectivity index (χ2v) is 10.8. The average molecular weight is 517 g/mol. The zero-order chi connectivity index (χ0) is 24.8. The number of carbonyl (C=O) groups is 1. The monoisotopic (exact) mass is 516 g/mol. The fourth-order valence-corrected chi connectivity index (χ4v) is 5.56. The van der Waals surface area contributed by atoms with E-state index in [2.05, 4.69) is 5.32 Å². The van der Waals surface area contributed by atoms with Crippen LogP contribution in [-0.2, 0) is 28.0 Å². The van der Waals surface area contributed by atoms with Crippen molar-refractivity contribution in [3.8, 4) is 5.75 Å². The molecule has 184 valence electrons. The van der Waals surface area contributed by atoms with Gasteiger partial charge >= 0.3 is 0 Å². The first-order chi connectivity index (χ1) is 16.8. The van der Waals surface area contributed by atoms with Gasteiger partial charge in [-0.25, -0.2) is 12.8 Å². The normalized spacial score (nSPS) is 16.6. The van der Waals surface area contributed by atoms with Crippen molar-refractivity contribution >= 4 is 27.5 Å². The quantitative estimate of drug-likeness (QED) is 0.468. The van der Waals surface area contributed by atoms with Crippen molar-refractivity contribution < 1.29 is 22.3 Å². The maximum atomic E-state index is 13.0. The number of piperidine rings is 1. The van der Waals surface area contributed by atoms with Crippen LogP contribution in [0.3, 0.4) is 0 Å². The maximum absolute atomic E-state index is 13.0. The Labute approximate surface area is 209 Å². The summed E-state index contributed by atoms with van der Waals surface area (Å²) in [5.74, 6) is -0.203. The maximum Gasteiger partial charge on any atom is 0.243 e. The molecule has 1 saturated heterocycles. The van der Waals surface area contributed by atoms with Gasteiger partial charge in [-0.2, -0.15) is 4.31 Å². The summed E-state index contributed by atoms with van der Waals surface area (Å²) < 4.78 is 46.0. The molecule has 9 heteroatoms. The molecule has 4 rings (SSSR count). The highest BCUT2D eigenvalue weighted by Crippen LogP contribution is 2.25. The van der Waals surface area contributed by atoms with Gasteiger partial charge in [0.15, 0.2) is 0 Å². The number of amides is 1. The zero-order valence-electron chi connectivity index (χ0n) is 19.0. The summed E-state index contributed by atoms with van der Waals surface area (Å²) in [6.45, 7) is 1.19. The molecule has 1 N–H and O–H groups in total. The molecule has 6 nitrogen and oxygen atoms in total. The number of sulfonamides is 1. The Morgan fingerprint density at radius 1 is 1.00 bits per heavy atom. The van der Waals surface area contributed by atoms with Crippen LogP contribution in [0.1, 0.15) is 24.0 Å². The molecule has 1 aliphatic heterocycles. The van der Waals surface area contributed by atoms with E-state index in [0.717, 1.165) is 11.1 Å². The van der Waals surface area contributed by atoms with E-state index in [-0.39, 0.29) is 23.2 Å². The highest BCUT2D eigenvalue weighted by Gasteiger charge is 2.33. The number of nitrogens with one attached hydrogen (secondary N) is 1. The molecule has 3 aromatic rings. The molecule has 1 amide bonds. The summed E-state index contributed by atoms with van der Waals surface area (Å²) in [5, 5.41) is 3.38. The summed E-state index contributed by atoms with van der Waals surface area (Å²) in [6, 6.07) is 19.5. The van der Waals surface area contributed by atoms with Crippen molar-refractivity contribution in [2.24, 2.45) is 5.92 Å². The summed E-state index contributed by atoms with van der Waals surface area (Å²) >= 11 is 5.87. The molecule has 0 spiro atoms. The third kappa shape index (κ3) is 6.60. The Bertz CT molecular complexity index is 1250. The molecule has 1 fully saturated rings. The van der Waals surface area contributed by atoms with Crippen molar-refractivity contribution in [3.63, 3.8) is 0 Å². The molecular formula is C26H26ClFN2O4S. The molecule has 0 unspecified atom stereocenters. The Kier molecular flexibility index (Phi) is 8.05. The van der Waals surface area contributed by atoms with Crippen molar-refractivity contribution in [1.29, 1.82) is 0 Å². The van der Waals surface area contributed by atoms with Crippen LogP contribution in [0.25, 0.3) is 0 Å². The minimum atomic E-state index is -3.68. The van der Waals surface area contributed by atoms with E-state index in [0.29, 0.717) is 43.3 Å². The number of ether oxygens (including phenoxy) is 1. The van der Waals surface area contributed by atoms with Crippen molar-refractivity contribution in [3.05, 3.63) is 94.8 Å². The largest absolute Gasteiger partial charge is 0.489 e. The number of benzene rings is 3. The number of nitrogens with zero attached hydrogens (tertiary/aromatic N) is 1. The van der Waals surface area contributed by atoms with Crippen LogP contribution in [0.15, 0.2) is 77.7 Å². The molecular weight excluding hydrogens is 491 g/mol. The third-order valence-electron chi connectivity index (χ3n) is 5.92. The number of halogens is 2. The van der Waals surface area contributed by atoms with Gasteiger partial charge in [0, 0.05) is 24.7 Å². The number of hydrogen-bond donors (Lipinski definition) is 1. The SMILES string of the molecule is O=C(NCc1ccc(OCc2ccc(F)cc2)cc1)[C@H]1CCCN(S(=O)(=O)c2ccc(Cl)cc2)C1.